The molecule has 0 fully saturated rings. The second kappa shape index (κ2) is 5.14. The van der Waals surface area contributed by atoms with Crippen molar-refractivity contribution in [3.63, 3.8) is 0 Å². The molecule has 102 valence electrons. The summed E-state index contributed by atoms with van der Waals surface area (Å²) in [7, 11) is 0. The molecule has 0 aliphatic rings. The maximum Gasteiger partial charge on any atom is 0.333 e. The molecule has 3 aromatic rings. The van der Waals surface area contributed by atoms with Gasteiger partial charge in [-0.25, -0.2) is 19.7 Å². The number of carbonyl (C=O) groups is 1. The van der Waals surface area contributed by atoms with Gasteiger partial charge in [-0.05, 0) is 13.8 Å². The number of hydrogen-bond donors (Lipinski definition) is 1. The summed E-state index contributed by atoms with van der Waals surface area (Å²) < 4.78 is 1.36. The lowest BCUT2D eigenvalue weighted by Crippen LogP contribution is -2.17. The van der Waals surface area contributed by atoms with Crippen LogP contribution in [-0.4, -0.2) is 25.6 Å². The molecular formula is C12H11N5OS2. The molecule has 3 aromatic heterocycles. The van der Waals surface area contributed by atoms with E-state index in [9.17, 15) is 4.79 Å². The smallest absolute Gasteiger partial charge is 0.283 e. The Hall–Kier alpha value is -2.06. The molecule has 8 heteroatoms. The van der Waals surface area contributed by atoms with Crippen LogP contribution in [0.5, 0.6) is 0 Å². The molecule has 3 rings (SSSR count). The highest BCUT2D eigenvalue weighted by Crippen LogP contribution is 2.31. The van der Waals surface area contributed by atoms with Gasteiger partial charge in [0.15, 0.2) is 5.13 Å². The molecule has 0 unspecified atom stereocenters. The van der Waals surface area contributed by atoms with Crippen LogP contribution in [0.1, 0.15) is 10.7 Å². The number of imidazole rings is 1. The van der Waals surface area contributed by atoms with Crippen molar-refractivity contribution >= 4 is 33.8 Å². The molecule has 6 nitrogen and oxygen atoms in total. The van der Waals surface area contributed by atoms with Gasteiger partial charge >= 0.3 is 6.03 Å². The topological polar surface area (TPSA) is 72.7 Å². The third-order valence-corrected chi connectivity index (χ3v) is 4.45. The maximum atomic E-state index is 11.9. The van der Waals surface area contributed by atoms with Crippen LogP contribution in [0.3, 0.4) is 0 Å². The maximum absolute atomic E-state index is 11.9. The zero-order valence-electron chi connectivity index (χ0n) is 10.8. The van der Waals surface area contributed by atoms with Gasteiger partial charge in [0, 0.05) is 17.8 Å². The van der Waals surface area contributed by atoms with Gasteiger partial charge in [-0.1, -0.05) is 0 Å². The molecule has 0 saturated heterocycles. The Bertz CT molecular complexity index is 744. The number of hydrogen-bond acceptors (Lipinski definition) is 6. The quantitative estimate of drug-likeness (QED) is 0.789. The summed E-state index contributed by atoms with van der Waals surface area (Å²) in [5.41, 5.74) is 1.81. The van der Waals surface area contributed by atoms with Crippen LogP contribution in [0.15, 0.2) is 24.1 Å². The highest BCUT2D eigenvalue weighted by atomic mass is 32.1. The van der Waals surface area contributed by atoms with Crippen molar-refractivity contribution in [1.82, 2.24) is 19.5 Å². The second-order valence-electron chi connectivity index (χ2n) is 4.09. The molecule has 20 heavy (non-hydrogen) atoms. The zero-order valence-corrected chi connectivity index (χ0v) is 12.5. The highest BCUT2D eigenvalue weighted by Gasteiger charge is 2.13. The summed E-state index contributed by atoms with van der Waals surface area (Å²) in [6.45, 7) is 3.93. The van der Waals surface area contributed by atoms with Crippen LogP contribution in [-0.2, 0) is 0 Å². The van der Waals surface area contributed by atoms with Crippen molar-refractivity contribution < 1.29 is 4.79 Å². The van der Waals surface area contributed by atoms with Crippen molar-refractivity contribution in [3.8, 4) is 10.6 Å². The molecule has 1 N–H and O–H groups in total. The summed E-state index contributed by atoms with van der Waals surface area (Å²) in [6, 6.07) is -0.277. The van der Waals surface area contributed by atoms with E-state index in [2.05, 4.69) is 20.3 Å². The zero-order chi connectivity index (χ0) is 14.1. The molecule has 0 aromatic carbocycles. The number of rotatable bonds is 2. The number of anilines is 1. The van der Waals surface area contributed by atoms with E-state index in [0.29, 0.717) is 5.13 Å². The molecule has 0 aliphatic heterocycles. The molecule has 0 radical (unpaired) electrons. The number of carbonyl (C=O) groups excluding carboxylic acids is 1. The highest BCUT2D eigenvalue weighted by molar-refractivity contribution is 7.16. The van der Waals surface area contributed by atoms with Gasteiger partial charge < -0.3 is 0 Å². The summed E-state index contributed by atoms with van der Waals surface area (Å²) in [6.07, 6.45) is 4.58. The largest absolute Gasteiger partial charge is 0.333 e. The summed E-state index contributed by atoms with van der Waals surface area (Å²) >= 11 is 2.99. The molecule has 3 heterocycles. The van der Waals surface area contributed by atoms with Gasteiger partial charge in [0.1, 0.15) is 6.33 Å². The Labute approximate surface area is 123 Å². The Morgan fingerprint density at radius 3 is 2.85 bits per heavy atom. The lowest BCUT2D eigenvalue weighted by molar-refractivity contribution is 0.253. The van der Waals surface area contributed by atoms with Gasteiger partial charge in [0.2, 0.25) is 0 Å². The number of thiazole rings is 2. The van der Waals surface area contributed by atoms with E-state index in [1.807, 2.05) is 19.2 Å². The number of amides is 1. The fourth-order valence-electron chi connectivity index (χ4n) is 1.74. The van der Waals surface area contributed by atoms with Gasteiger partial charge in [-0.15, -0.1) is 22.7 Å². The Morgan fingerprint density at radius 1 is 1.35 bits per heavy atom. The molecular weight excluding hydrogens is 294 g/mol. The van der Waals surface area contributed by atoms with Crippen molar-refractivity contribution in [1.29, 1.82) is 0 Å². The summed E-state index contributed by atoms with van der Waals surface area (Å²) in [5, 5.41) is 6.22. The normalized spacial score (nSPS) is 10.7. The first-order valence-electron chi connectivity index (χ1n) is 5.83. The van der Waals surface area contributed by atoms with Crippen LogP contribution < -0.4 is 5.32 Å². The van der Waals surface area contributed by atoms with E-state index in [0.717, 1.165) is 21.3 Å². The molecule has 1 amide bonds. The molecule has 0 bridgehead atoms. The van der Waals surface area contributed by atoms with E-state index >= 15 is 0 Å². The third kappa shape index (κ3) is 2.47. The van der Waals surface area contributed by atoms with Crippen LogP contribution >= 0.6 is 22.7 Å². The van der Waals surface area contributed by atoms with Crippen molar-refractivity contribution in [2.24, 2.45) is 0 Å². The monoisotopic (exact) mass is 305 g/mol. The summed E-state index contributed by atoms with van der Waals surface area (Å²) in [4.78, 5) is 25.5. The average molecular weight is 305 g/mol. The van der Waals surface area contributed by atoms with Crippen molar-refractivity contribution in [2.75, 3.05) is 5.32 Å². The van der Waals surface area contributed by atoms with E-state index in [-0.39, 0.29) is 6.03 Å². The number of nitrogens with one attached hydrogen (secondary N) is 1. The predicted octanol–water partition coefficient (Wildman–Crippen LogP) is 3.16. The first-order chi connectivity index (χ1) is 9.63. The number of nitrogens with zero attached hydrogens (tertiary/aromatic N) is 4. The predicted molar refractivity (Wildman–Crippen MR) is 79.3 cm³/mol. The van der Waals surface area contributed by atoms with Crippen LogP contribution in [0.25, 0.3) is 10.6 Å². The lowest BCUT2D eigenvalue weighted by Gasteiger charge is -2.00. The standard InChI is InChI=1S/C12H11N5OS2/c1-7-10(20-8(2)14-7)9-5-19-11(15-9)16-12(18)17-4-3-13-6-17/h3-6H,1-2H3,(H,15,16,18). The first kappa shape index (κ1) is 12.9. The van der Waals surface area contributed by atoms with Gasteiger partial charge in [0.05, 0.1) is 21.3 Å². The summed E-state index contributed by atoms with van der Waals surface area (Å²) in [5.74, 6) is 0. The van der Waals surface area contributed by atoms with E-state index < -0.39 is 0 Å². The number of aryl methyl sites for hydroxylation is 2. The van der Waals surface area contributed by atoms with E-state index in [1.165, 1.54) is 22.2 Å². The Morgan fingerprint density at radius 2 is 2.20 bits per heavy atom. The fraction of sp³-hybridized carbons (Fsp3) is 0.167. The van der Waals surface area contributed by atoms with Crippen LogP contribution in [0.2, 0.25) is 0 Å². The minimum atomic E-state index is -0.277. The van der Waals surface area contributed by atoms with Crippen LogP contribution in [0, 0.1) is 13.8 Å². The molecule has 0 saturated carbocycles. The van der Waals surface area contributed by atoms with Crippen molar-refractivity contribution in [3.05, 3.63) is 34.8 Å². The Balaban J connectivity index is 1.81. The minimum Gasteiger partial charge on any atom is -0.283 e. The van der Waals surface area contributed by atoms with E-state index in [4.69, 9.17) is 0 Å². The Kier molecular flexibility index (Phi) is 3.33. The van der Waals surface area contributed by atoms with Gasteiger partial charge in [-0.2, -0.15) is 0 Å². The SMILES string of the molecule is Cc1nc(C)c(-c2csc(NC(=O)n3ccnc3)n2)s1. The molecule has 0 spiro atoms. The fourth-order valence-corrected chi connectivity index (χ4v) is 3.39. The van der Waals surface area contributed by atoms with Gasteiger partial charge in [0.25, 0.3) is 0 Å². The second-order valence-corrected chi connectivity index (χ2v) is 6.15. The average Bonchev–Trinajstić information content (AvgIpc) is 3.10. The number of aromatic nitrogens is 4. The van der Waals surface area contributed by atoms with Crippen molar-refractivity contribution in [2.45, 2.75) is 13.8 Å². The van der Waals surface area contributed by atoms with Gasteiger partial charge in [-0.3, -0.25) is 9.88 Å². The lowest BCUT2D eigenvalue weighted by atomic mass is 10.3. The third-order valence-electron chi connectivity index (χ3n) is 2.59. The first-order valence-corrected chi connectivity index (χ1v) is 7.52. The molecule has 0 atom stereocenters. The van der Waals surface area contributed by atoms with E-state index in [1.54, 1.807) is 23.7 Å². The van der Waals surface area contributed by atoms with Crippen LogP contribution in [0.4, 0.5) is 9.93 Å². The minimum absolute atomic E-state index is 0.277. The molecule has 0 aliphatic carbocycles.